The smallest absolute Gasteiger partial charge is 0.306 e. The maximum absolute atomic E-state index is 12.7. The first-order valence-electron chi connectivity index (χ1n) is 8.13. The molecule has 3 aromatic rings. The molecule has 1 atom stereocenters. The first-order valence-corrected chi connectivity index (χ1v) is 8.51. The highest BCUT2D eigenvalue weighted by atomic mass is 35.5. The number of rotatable bonds is 3. The maximum atomic E-state index is 12.7. The van der Waals surface area contributed by atoms with Gasteiger partial charge in [0.15, 0.2) is 5.92 Å². The number of hydrogen-bond donors (Lipinski definition) is 3. The molecule has 4 rings (SSSR count). The number of benzene rings is 2. The molecule has 10 heteroatoms. The van der Waals surface area contributed by atoms with Crippen molar-refractivity contribution in [2.45, 2.75) is 0 Å². The minimum atomic E-state index is -1.28. The highest BCUT2D eigenvalue weighted by Gasteiger charge is 2.40. The number of fused-ring (bicyclic) bond motifs is 1. The minimum Gasteiger partial charge on any atom is -0.306 e. The topological polar surface area (TPSA) is 127 Å². The van der Waals surface area contributed by atoms with Gasteiger partial charge in [0.25, 0.3) is 5.91 Å². The van der Waals surface area contributed by atoms with Crippen LogP contribution in [0.2, 0.25) is 5.02 Å². The molecule has 1 fully saturated rings. The van der Waals surface area contributed by atoms with Gasteiger partial charge in [-0.05, 0) is 42.5 Å². The van der Waals surface area contributed by atoms with Crippen molar-refractivity contribution < 1.29 is 14.4 Å². The SMILES string of the molecule is O=C1NC(=O)N(c2ccc(Cl)cc2)C(=O)C1C=Nc1ccc2[nH]c(=O)[nH]c2c1. The fraction of sp³-hybridized carbons (Fsp3) is 0.0556. The van der Waals surface area contributed by atoms with Crippen molar-refractivity contribution in [1.82, 2.24) is 15.3 Å². The van der Waals surface area contributed by atoms with Gasteiger partial charge in [-0.1, -0.05) is 11.6 Å². The third-order valence-electron chi connectivity index (χ3n) is 4.16. The molecule has 3 N–H and O–H groups in total. The summed E-state index contributed by atoms with van der Waals surface area (Å²) in [6, 6.07) is 10.1. The molecule has 140 valence electrons. The third-order valence-corrected chi connectivity index (χ3v) is 4.41. The molecular formula is C18H12ClN5O4. The molecule has 0 aliphatic carbocycles. The largest absolute Gasteiger partial charge is 0.335 e. The Labute approximate surface area is 162 Å². The Hall–Kier alpha value is -3.72. The highest BCUT2D eigenvalue weighted by Crippen LogP contribution is 2.23. The molecule has 2 heterocycles. The molecule has 1 aliphatic heterocycles. The van der Waals surface area contributed by atoms with Gasteiger partial charge in [0.2, 0.25) is 5.91 Å². The van der Waals surface area contributed by atoms with Crippen LogP contribution in [-0.2, 0) is 9.59 Å². The molecule has 9 nitrogen and oxygen atoms in total. The number of halogens is 1. The normalized spacial score (nSPS) is 17.5. The molecule has 0 spiro atoms. The molecule has 4 amide bonds. The number of aromatic amines is 2. The van der Waals surface area contributed by atoms with Crippen molar-refractivity contribution in [3.8, 4) is 0 Å². The van der Waals surface area contributed by atoms with E-state index in [1.165, 1.54) is 30.5 Å². The van der Waals surface area contributed by atoms with E-state index in [0.29, 0.717) is 21.7 Å². The second kappa shape index (κ2) is 6.78. The van der Waals surface area contributed by atoms with Gasteiger partial charge in [-0.2, -0.15) is 0 Å². The van der Waals surface area contributed by atoms with Crippen molar-refractivity contribution in [3.05, 3.63) is 58.0 Å². The number of imidazole rings is 1. The van der Waals surface area contributed by atoms with Crippen LogP contribution in [0.5, 0.6) is 0 Å². The van der Waals surface area contributed by atoms with E-state index < -0.39 is 23.8 Å². The van der Waals surface area contributed by atoms with Gasteiger partial charge in [0, 0.05) is 11.2 Å². The molecule has 1 aliphatic rings. The number of hydrogen-bond acceptors (Lipinski definition) is 5. The quantitative estimate of drug-likeness (QED) is 0.462. The molecule has 1 aromatic heterocycles. The lowest BCUT2D eigenvalue weighted by Gasteiger charge is -2.28. The molecule has 0 saturated carbocycles. The van der Waals surface area contributed by atoms with E-state index in [0.717, 1.165) is 4.90 Å². The van der Waals surface area contributed by atoms with Crippen molar-refractivity contribution >= 4 is 58.1 Å². The molecule has 28 heavy (non-hydrogen) atoms. The Morgan fingerprint density at radius 2 is 1.68 bits per heavy atom. The molecule has 1 unspecified atom stereocenters. The van der Waals surface area contributed by atoms with E-state index in [1.54, 1.807) is 18.2 Å². The van der Waals surface area contributed by atoms with E-state index in [9.17, 15) is 19.2 Å². The van der Waals surface area contributed by atoms with E-state index in [4.69, 9.17) is 11.6 Å². The summed E-state index contributed by atoms with van der Waals surface area (Å²) in [5.74, 6) is -2.77. The summed E-state index contributed by atoms with van der Waals surface area (Å²) in [5.41, 5.74) is 1.50. The van der Waals surface area contributed by atoms with Gasteiger partial charge in [0.1, 0.15) is 0 Å². The van der Waals surface area contributed by atoms with E-state index in [2.05, 4.69) is 20.3 Å². The maximum Gasteiger partial charge on any atom is 0.335 e. The van der Waals surface area contributed by atoms with Crippen molar-refractivity contribution in [3.63, 3.8) is 0 Å². The number of carbonyl (C=O) groups excluding carboxylic acids is 3. The predicted octanol–water partition coefficient (Wildman–Crippen LogP) is 2.11. The summed E-state index contributed by atoms with van der Waals surface area (Å²) in [6.07, 6.45) is 1.17. The summed E-state index contributed by atoms with van der Waals surface area (Å²) in [6.45, 7) is 0. The third kappa shape index (κ3) is 3.19. The Kier molecular flexibility index (Phi) is 4.28. The van der Waals surface area contributed by atoms with Crippen molar-refractivity contribution in [2.24, 2.45) is 10.9 Å². The van der Waals surface area contributed by atoms with Crippen molar-refractivity contribution in [1.29, 1.82) is 0 Å². The first kappa shape index (κ1) is 17.7. The molecule has 0 bridgehead atoms. The van der Waals surface area contributed by atoms with E-state index in [-0.39, 0.29) is 11.4 Å². The van der Waals surface area contributed by atoms with Crippen LogP contribution in [0.1, 0.15) is 0 Å². The van der Waals surface area contributed by atoms with Crippen LogP contribution < -0.4 is 15.9 Å². The van der Waals surface area contributed by atoms with Gasteiger partial charge >= 0.3 is 11.7 Å². The van der Waals surface area contributed by atoms with E-state index in [1.807, 2.05) is 0 Å². The van der Waals surface area contributed by atoms with Crippen molar-refractivity contribution in [2.75, 3.05) is 4.90 Å². The Balaban J connectivity index is 1.63. The molecule has 1 saturated heterocycles. The number of aromatic nitrogens is 2. The van der Waals surface area contributed by atoms with Gasteiger partial charge in [-0.15, -0.1) is 0 Å². The lowest BCUT2D eigenvalue weighted by Crippen LogP contribution is -2.58. The van der Waals surface area contributed by atoms with Gasteiger partial charge < -0.3 is 9.97 Å². The van der Waals surface area contributed by atoms with Crippen LogP contribution in [0.15, 0.2) is 52.3 Å². The lowest BCUT2D eigenvalue weighted by atomic mass is 10.1. The number of amides is 4. The zero-order valence-corrected chi connectivity index (χ0v) is 14.9. The number of nitrogens with one attached hydrogen (secondary N) is 3. The van der Waals surface area contributed by atoms with Crippen LogP contribution >= 0.6 is 11.6 Å². The summed E-state index contributed by atoms with van der Waals surface area (Å²) in [7, 11) is 0. The van der Waals surface area contributed by atoms with E-state index >= 15 is 0 Å². The predicted molar refractivity (Wildman–Crippen MR) is 103 cm³/mol. The average Bonchev–Trinajstić information content (AvgIpc) is 3.02. The summed E-state index contributed by atoms with van der Waals surface area (Å²) < 4.78 is 0. The summed E-state index contributed by atoms with van der Waals surface area (Å²) in [5, 5.41) is 2.59. The fourth-order valence-corrected chi connectivity index (χ4v) is 2.94. The van der Waals surface area contributed by atoms with Crippen LogP contribution in [0.3, 0.4) is 0 Å². The number of nitrogens with zero attached hydrogens (tertiary/aromatic N) is 2. The van der Waals surface area contributed by atoms with Gasteiger partial charge in [-0.3, -0.25) is 19.9 Å². The molecule has 2 aromatic carbocycles. The zero-order chi connectivity index (χ0) is 19.8. The number of H-pyrrole nitrogens is 2. The number of imide groups is 2. The highest BCUT2D eigenvalue weighted by molar-refractivity contribution is 6.33. The average molecular weight is 398 g/mol. The van der Waals surface area contributed by atoms with Crippen LogP contribution in [0.4, 0.5) is 16.2 Å². The van der Waals surface area contributed by atoms with Crippen LogP contribution in [-0.4, -0.2) is 34.0 Å². The lowest BCUT2D eigenvalue weighted by molar-refractivity contribution is -0.131. The Morgan fingerprint density at radius 3 is 2.43 bits per heavy atom. The van der Waals surface area contributed by atoms with Crippen LogP contribution in [0, 0.1) is 5.92 Å². The Bertz CT molecular complexity index is 1190. The first-order chi connectivity index (χ1) is 13.4. The minimum absolute atomic E-state index is 0.282. The monoisotopic (exact) mass is 397 g/mol. The van der Waals surface area contributed by atoms with Crippen LogP contribution in [0.25, 0.3) is 11.0 Å². The van der Waals surface area contributed by atoms with Gasteiger partial charge in [-0.25, -0.2) is 14.5 Å². The summed E-state index contributed by atoms with van der Waals surface area (Å²) in [4.78, 5) is 58.5. The molecule has 0 radical (unpaired) electrons. The number of anilines is 1. The second-order valence-corrected chi connectivity index (χ2v) is 6.45. The fourth-order valence-electron chi connectivity index (χ4n) is 2.82. The Morgan fingerprint density at radius 1 is 0.964 bits per heavy atom. The molecular weight excluding hydrogens is 386 g/mol. The standard InChI is InChI=1S/C18H12ClN5O4/c19-9-1-4-11(5-2-9)24-16(26)12(15(25)23-18(24)28)8-20-10-3-6-13-14(7-10)22-17(27)21-13/h1-8,12H,(H2,21,22,27)(H,23,25,28). The number of urea groups is 1. The number of carbonyl (C=O) groups is 3. The summed E-state index contributed by atoms with van der Waals surface area (Å²) >= 11 is 5.83. The second-order valence-electron chi connectivity index (χ2n) is 6.01. The number of barbiturate groups is 1. The zero-order valence-electron chi connectivity index (χ0n) is 14.1. The number of aliphatic imine (C=N–C) groups is 1. The van der Waals surface area contributed by atoms with Gasteiger partial charge in [0.05, 0.1) is 22.4 Å².